The van der Waals surface area contributed by atoms with Gasteiger partial charge in [-0.15, -0.1) is 11.8 Å². The van der Waals surface area contributed by atoms with Gasteiger partial charge in [0.05, 0.1) is 5.75 Å². The average Bonchev–Trinajstić information content (AvgIpc) is 3.02. The van der Waals surface area contributed by atoms with Gasteiger partial charge in [0, 0.05) is 17.8 Å². The monoisotopic (exact) mass is 396 g/mol. The summed E-state index contributed by atoms with van der Waals surface area (Å²) in [5, 5.41) is 2.92. The van der Waals surface area contributed by atoms with Crippen molar-refractivity contribution >= 4 is 35.0 Å². The zero-order valence-corrected chi connectivity index (χ0v) is 17.8. The summed E-state index contributed by atoms with van der Waals surface area (Å²) < 4.78 is 0. The van der Waals surface area contributed by atoms with Crippen molar-refractivity contribution in [1.29, 1.82) is 0 Å². The highest BCUT2D eigenvalue weighted by Crippen LogP contribution is 2.43. The molecule has 2 aromatic carbocycles. The van der Waals surface area contributed by atoms with Crippen molar-refractivity contribution in [2.24, 2.45) is 5.41 Å². The number of thioether (sulfide) groups is 1. The molecule has 4 nitrogen and oxygen atoms in total. The summed E-state index contributed by atoms with van der Waals surface area (Å²) >= 11 is 1.64. The highest BCUT2D eigenvalue weighted by molar-refractivity contribution is 8.00. The summed E-state index contributed by atoms with van der Waals surface area (Å²) in [6.07, 6.45) is 1.36. The zero-order chi connectivity index (χ0) is 20.3. The van der Waals surface area contributed by atoms with Gasteiger partial charge in [0.15, 0.2) is 0 Å². The molecule has 0 radical (unpaired) electrons. The molecule has 148 valence electrons. The Morgan fingerprint density at radius 2 is 1.82 bits per heavy atom. The van der Waals surface area contributed by atoms with Crippen LogP contribution in [0, 0.1) is 5.41 Å². The Morgan fingerprint density at radius 1 is 1.14 bits per heavy atom. The molecule has 0 unspecified atom stereocenters. The van der Waals surface area contributed by atoms with E-state index in [1.54, 1.807) is 11.8 Å². The number of hydrogen-bond donors (Lipinski definition) is 1. The lowest BCUT2D eigenvalue weighted by Crippen LogP contribution is -2.28. The molecule has 28 heavy (non-hydrogen) atoms. The number of carbonyl (C=O) groups excluding carboxylic acids is 2. The lowest BCUT2D eigenvalue weighted by molar-refractivity contribution is -0.118. The summed E-state index contributed by atoms with van der Waals surface area (Å²) in [4.78, 5) is 26.7. The van der Waals surface area contributed by atoms with Crippen LogP contribution in [0.25, 0.3) is 0 Å². The van der Waals surface area contributed by atoms with Crippen molar-refractivity contribution in [3.05, 3.63) is 59.7 Å². The molecular formula is C23H28N2O2S. The van der Waals surface area contributed by atoms with Gasteiger partial charge in [-0.1, -0.05) is 58.0 Å². The summed E-state index contributed by atoms with van der Waals surface area (Å²) in [6.45, 7) is 8.25. The van der Waals surface area contributed by atoms with E-state index in [0.717, 1.165) is 23.4 Å². The quantitative estimate of drug-likeness (QED) is 0.736. The lowest BCUT2D eigenvalue weighted by Gasteiger charge is -2.26. The van der Waals surface area contributed by atoms with Gasteiger partial charge < -0.3 is 5.32 Å². The molecule has 0 aromatic heterocycles. The number of aryl methyl sites for hydroxylation is 1. The van der Waals surface area contributed by atoms with E-state index in [4.69, 9.17) is 0 Å². The number of hydrogen-bond acceptors (Lipinski definition) is 3. The van der Waals surface area contributed by atoms with Crippen LogP contribution in [0.5, 0.6) is 0 Å². The fraction of sp³-hybridized carbons (Fsp3) is 0.391. The van der Waals surface area contributed by atoms with Crippen LogP contribution in [-0.2, 0) is 16.0 Å². The van der Waals surface area contributed by atoms with Gasteiger partial charge in [0.1, 0.15) is 5.37 Å². The highest BCUT2D eigenvalue weighted by Gasteiger charge is 2.34. The SMILES string of the molecule is CCc1ccccc1N1C(=O)CS[C@@H]1c1ccc(NC(=O)CC(C)(C)C)cc1. The molecule has 1 aliphatic rings. The number of nitrogens with zero attached hydrogens (tertiary/aromatic N) is 1. The van der Waals surface area contributed by atoms with E-state index in [9.17, 15) is 9.59 Å². The summed E-state index contributed by atoms with van der Waals surface area (Å²) in [7, 11) is 0. The van der Waals surface area contributed by atoms with Crippen LogP contribution in [0.3, 0.4) is 0 Å². The molecule has 0 aliphatic carbocycles. The highest BCUT2D eigenvalue weighted by atomic mass is 32.2. The van der Waals surface area contributed by atoms with E-state index in [1.807, 2.05) is 68.1 Å². The molecule has 0 saturated carbocycles. The van der Waals surface area contributed by atoms with Crippen molar-refractivity contribution < 1.29 is 9.59 Å². The van der Waals surface area contributed by atoms with E-state index in [1.165, 1.54) is 5.56 Å². The number of benzene rings is 2. The molecule has 0 bridgehead atoms. The minimum absolute atomic E-state index is 0.0177. The molecular weight excluding hydrogens is 368 g/mol. The summed E-state index contributed by atoms with van der Waals surface area (Å²) in [5.41, 5.74) is 3.98. The van der Waals surface area contributed by atoms with E-state index < -0.39 is 0 Å². The Kier molecular flexibility index (Phi) is 6.14. The standard InChI is InChI=1S/C23H28N2O2S/c1-5-16-8-6-7-9-19(16)25-21(27)15-28-22(25)17-10-12-18(13-11-17)24-20(26)14-23(2,3)4/h6-13,22H,5,14-15H2,1-4H3,(H,24,26)/t22-/m1/s1. The first-order chi connectivity index (χ1) is 13.3. The van der Waals surface area contributed by atoms with Crippen LogP contribution >= 0.6 is 11.8 Å². The van der Waals surface area contributed by atoms with Crippen LogP contribution < -0.4 is 10.2 Å². The third-order valence-corrected chi connectivity index (χ3v) is 5.88. The van der Waals surface area contributed by atoms with E-state index in [0.29, 0.717) is 12.2 Å². The zero-order valence-electron chi connectivity index (χ0n) is 17.0. The minimum atomic E-state index is -0.0436. The van der Waals surface area contributed by atoms with Gasteiger partial charge in [-0.25, -0.2) is 0 Å². The third-order valence-electron chi connectivity index (χ3n) is 4.67. The van der Waals surface area contributed by atoms with Gasteiger partial charge in [-0.3, -0.25) is 14.5 Å². The maximum atomic E-state index is 12.6. The second-order valence-corrected chi connectivity index (χ2v) is 9.39. The smallest absolute Gasteiger partial charge is 0.238 e. The Hall–Kier alpha value is -2.27. The molecule has 1 saturated heterocycles. The average molecular weight is 397 g/mol. The first-order valence-electron chi connectivity index (χ1n) is 9.70. The Labute approximate surface area is 171 Å². The second kappa shape index (κ2) is 8.39. The van der Waals surface area contributed by atoms with Crippen LogP contribution in [0.15, 0.2) is 48.5 Å². The molecule has 1 fully saturated rings. The first kappa shape index (κ1) is 20.5. The second-order valence-electron chi connectivity index (χ2n) is 8.32. The van der Waals surface area contributed by atoms with Crippen molar-refractivity contribution in [3.8, 4) is 0 Å². The minimum Gasteiger partial charge on any atom is -0.326 e. The van der Waals surface area contributed by atoms with Crippen LogP contribution in [-0.4, -0.2) is 17.6 Å². The fourth-order valence-electron chi connectivity index (χ4n) is 3.39. The number of anilines is 2. The summed E-state index contributed by atoms with van der Waals surface area (Å²) in [6, 6.07) is 15.9. The molecule has 2 aromatic rings. The number of carbonyl (C=O) groups is 2. The van der Waals surface area contributed by atoms with E-state index >= 15 is 0 Å². The third kappa shape index (κ3) is 4.76. The Bertz CT molecular complexity index is 856. The maximum Gasteiger partial charge on any atom is 0.238 e. The van der Waals surface area contributed by atoms with Gasteiger partial charge in [0.2, 0.25) is 11.8 Å². The Morgan fingerprint density at radius 3 is 2.46 bits per heavy atom. The predicted molar refractivity (Wildman–Crippen MR) is 118 cm³/mol. The number of nitrogens with one attached hydrogen (secondary N) is 1. The molecule has 2 amide bonds. The Balaban J connectivity index is 1.79. The van der Waals surface area contributed by atoms with Crippen molar-refractivity contribution in [3.63, 3.8) is 0 Å². The molecule has 5 heteroatoms. The number of amides is 2. The largest absolute Gasteiger partial charge is 0.326 e. The molecule has 1 N–H and O–H groups in total. The van der Waals surface area contributed by atoms with E-state index in [-0.39, 0.29) is 22.6 Å². The van der Waals surface area contributed by atoms with Gasteiger partial charge in [-0.05, 0) is 41.2 Å². The fourth-order valence-corrected chi connectivity index (χ4v) is 4.56. The van der Waals surface area contributed by atoms with Crippen molar-refractivity contribution in [1.82, 2.24) is 0 Å². The predicted octanol–water partition coefficient (Wildman–Crippen LogP) is 5.40. The molecule has 0 spiro atoms. The number of para-hydroxylation sites is 1. The number of rotatable bonds is 5. The van der Waals surface area contributed by atoms with Crippen molar-refractivity contribution in [2.45, 2.75) is 45.9 Å². The topological polar surface area (TPSA) is 49.4 Å². The van der Waals surface area contributed by atoms with Crippen LogP contribution in [0.1, 0.15) is 50.6 Å². The van der Waals surface area contributed by atoms with Gasteiger partial charge >= 0.3 is 0 Å². The first-order valence-corrected chi connectivity index (χ1v) is 10.7. The van der Waals surface area contributed by atoms with Crippen LogP contribution in [0.2, 0.25) is 0 Å². The normalized spacial score (nSPS) is 17.1. The maximum absolute atomic E-state index is 12.6. The molecule has 1 atom stereocenters. The van der Waals surface area contributed by atoms with Crippen LogP contribution in [0.4, 0.5) is 11.4 Å². The van der Waals surface area contributed by atoms with Crippen molar-refractivity contribution in [2.75, 3.05) is 16.0 Å². The summed E-state index contributed by atoms with van der Waals surface area (Å²) in [5.74, 6) is 0.634. The molecule has 3 rings (SSSR count). The van der Waals surface area contributed by atoms with Gasteiger partial charge in [-0.2, -0.15) is 0 Å². The lowest BCUT2D eigenvalue weighted by atomic mass is 9.92. The molecule has 1 heterocycles. The van der Waals surface area contributed by atoms with E-state index in [2.05, 4.69) is 18.3 Å². The molecule has 1 aliphatic heterocycles. The van der Waals surface area contributed by atoms with Gasteiger partial charge in [0.25, 0.3) is 0 Å².